The predicted octanol–water partition coefficient (Wildman–Crippen LogP) is 1.17. The van der Waals surface area contributed by atoms with Crippen molar-refractivity contribution in [2.24, 2.45) is 19.2 Å². The van der Waals surface area contributed by atoms with Crippen molar-refractivity contribution in [1.29, 1.82) is 0 Å². The lowest BCUT2D eigenvalue weighted by Crippen LogP contribution is -2.38. The zero-order valence-electron chi connectivity index (χ0n) is 19.5. The number of fused-ring (bicyclic) bond motifs is 1. The van der Waals surface area contributed by atoms with E-state index in [9.17, 15) is 14.4 Å². The number of rotatable bonds is 8. The number of ether oxygens (including phenoxy) is 2. The average molecular weight is 476 g/mol. The minimum absolute atomic E-state index is 0.157. The van der Waals surface area contributed by atoms with Crippen LogP contribution >= 0.6 is 0 Å². The molecule has 35 heavy (non-hydrogen) atoms. The van der Waals surface area contributed by atoms with Gasteiger partial charge in [-0.05, 0) is 29.3 Å². The first-order valence-electron chi connectivity index (χ1n) is 10.7. The van der Waals surface area contributed by atoms with Gasteiger partial charge in [0.25, 0.3) is 11.5 Å². The molecule has 0 bridgehead atoms. The van der Waals surface area contributed by atoms with Crippen LogP contribution in [0.4, 0.5) is 0 Å². The Hall–Kier alpha value is -4.67. The zero-order chi connectivity index (χ0) is 24.9. The molecule has 1 amide bonds. The lowest BCUT2D eigenvalue weighted by atomic mass is 10.2. The van der Waals surface area contributed by atoms with Crippen molar-refractivity contribution in [3.8, 4) is 11.5 Å². The number of aryl methyl sites for hydroxylation is 1. The number of imidazole rings is 1. The molecule has 0 aliphatic heterocycles. The summed E-state index contributed by atoms with van der Waals surface area (Å²) < 4.78 is 14.9. The Bertz CT molecular complexity index is 1520. The van der Waals surface area contributed by atoms with Gasteiger partial charge in [-0.25, -0.2) is 15.2 Å². The van der Waals surface area contributed by atoms with Crippen LogP contribution in [0.25, 0.3) is 11.2 Å². The highest BCUT2D eigenvalue weighted by Gasteiger charge is 2.15. The molecule has 0 radical (unpaired) electrons. The van der Waals surface area contributed by atoms with Crippen molar-refractivity contribution in [3.05, 3.63) is 86.8 Å². The molecule has 0 saturated heterocycles. The van der Waals surface area contributed by atoms with Gasteiger partial charge in [-0.15, -0.1) is 0 Å². The van der Waals surface area contributed by atoms with Gasteiger partial charge in [0, 0.05) is 14.1 Å². The van der Waals surface area contributed by atoms with Crippen LogP contribution in [0.15, 0.2) is 69.5 Å². The van der Waals surface area contributed by atoms with E-state index in [2.05, 4.69) is 15.5 Å². The number of methoxy groups -OCH3 is 1. The van der Waals surface area contributed by atoms with E-state index < -0.39 is 17.2 Å². The number of amides is 1. The monoisotopic (exact) mass is 476 g/mol. The Morgan fingerprint density at radius 3 is 2.60 bits per heavy atom. The van der Waals surface area contributed by atoms with Gasteiger partial charge < -0.3 is 14.0 Å². The van der Waals surface area contributed by atoms with Crippen molar-refractivity contribution in [2.75, 3.05) is 7.11 Å². The molecule has 0 unspecified atom stereocenters. The maximum absolute atomic E-state index is 12.5. The smallest absolute Gasteiger partial charge is 0.332 e. The minimum atomic E-state index is -0.529. The standard InChI is InChI=1S/C24H24N6O5/c1-28-22-21(23(32)29(2)24(28)33)30(15-25-22)13-20(31)27-26-12-17-9-10-18(19(11-17)34-3)35-14-16-7-5-4-6-8-16/h4-12,15H,13-14H2,1-3H3,(H,27,31)/b26-12+. The topological polar surface area (TPSA) is 122 Å². The number of benzene rings is 2. The van der Waals surface area contributed by atoms with Gasteiger partial charge in [-0.1, -0.05) is 30.3 Å². The highest BCUT2D eigenvalue weighted by Crippen LogP contribution is 2.28. The zero-order valence-corrected chi connectivity index (χ0v) is 19.5. The maximum atomic E-state index is 12.5. The van der Waals surface area contributed by atoms with Crippen molar-refractivity contribution in [1.82, 2.24) is 24.1 Å². The van der Waals surface area contributed by atoms with Gasteiger partial charge in [-0.3, -0.25) is 18.7 Å². The largest absolute Gasteiger partial charge is 0.493 e. The molecule has 0 atom stereocenters. The molecule has 4 rings (SSSR count). The molecule has 0 spiro atoms. The first kappa shape index (κ1) is 23.5. The summed E-state index contributed by atoms with van der Waals surface area (Å²) in [6.45, 7) is 0.206. The summed E-state index contributed by atoms with van der Waals surface area (Å²) >= 11 is 0. The second kappa shape index (κ2) is 10.1. The molecule has 2 heterocycles. The van der Waals surface area contributed by atoms with Crippen LogP contribution in [0.3, 0.4) is 0 Å². The normalized spacial score (nSPS) is 11.2. The molecular formula is C24H24N6O5. The van der Waals surface area contributed by atoms with Crippen molar-refractivity contribution < 1.29 is 14.3 Å². The molecule has 0 saturated carbocycles. The number of hydrazone groups is 1. The minimum Gasteiger partial charge on any atom is -0.493 e. The molecule has 0 aliphatic rings. The van der Waals surface area contributed by atoms with Crippen LogP contribution in [0, 0.1) is 0 Å². The van der Waals surface area contributed by atoms with Crippen LogP contribution in [0.2, 0.25) is 0 Å². The highest BCUT2D eigenvalue weighted by molar-refractivity contribution is 5.84. The molecular weight excluding hydrogens is 452 g/mol. The van der Waals surface area contributed by atoms with Gasteiger partial charge in [0.2, 0.25) is 0 Å². The lowest BCUT2D eigenvalue weighted by Gasteiger charge is -2.11. The Kier molecular flexibility index (Phi) is 6.76. The van der Waals surface area contributed by atoms with Crippen LogP contribution < -0.4 is 26.1 Å². The van der Waals surface area contributed by atoms with Crippen LogP contribution in [0.1, 0.15) is 11.1 Å². The molecule has 2 aromatic carbocycles. The third-order valence-corrected chi connectivity index (χ3v) is 5.36. The first-order valence-corrected chi connectivity index (χ1v) is 10.7. The number of carbonyl (C=O) groups is 1. The molecule has 1 N–H and O–H groups in total. The molecule has 2 aromatic heterocycles. The van der Waals surface area contributed by atoms with Crippen LogP contribution in [-0.2, 0) is 32.0 Å². The molecule has 0 aliphatic carbocycles. The van der Waals surface area contributed by atoms with Crippen LogP contribution in [0.5, 0.6) is 11.5 Å². The van der Waals surface area contributed by atoms with Gasteiger partial charge in [0.15, 0.2) is 22.7 Å². The second-order valence-corrected chi connectivity index (χ2v) is 7.73. The molecule has 0 fully saturated rings. The van der Waals surface area contributed by atoms with E-state index in [0.29, 0.717) is 23.7 Å². The Morgan fingerprint density at radius 1 is 1.09 bits per heavy atom. The molecule has 11 heteroatoms. The van der Waals surface area contributed by atoms with Gasteiger partial charge >= 0.3 is 5.69 Å². The van der Waals surface area contributed by atoms with E-state index in [0.717, 1.165) is 10.1 Å². The third-order valence-electron chi connectivity index (χ3n) is 5.36. The highest BCUT2D eigenvalue weighted by atomic mass is 16.5. The number of nitrogens with one attached hydrogen (secondary N) is 1. The van der Waals surface area contributed by atoms with Gasteiger partial charge in [-0.2, -0.15) is 5.10 Å². The van der Waals surface area contributed by atoms with E-state index in [1.54, 1.807) is 25.3 Å². The van der Waals surface area contributed by atoms with E-state index in [1.165, 1.54) is 35.8 Å². The summed E-state index contributed by atoms with van der Waals surface area (Å²) in [4.78, 5) is 41.0. The summed E-state index contributed by atoms with van der Waals surface area (Å²) in [7, 11) is 4.43. The number of hydrogen-bond donors (Lipinski definition) is 1. The summed E-state index contributed by atoms with van der Waals surface area (Å²) in [6.07, 6.45) is 2.81. The van der Waals surface area contributed by atoms with Crippen molar-refractivity contribution in [2.45, 2.75) is 13.2 Å². The number of hydrogen-bond acceptors (Lipinski definition) is 7. The van der Waals surface area contributed by atoms with Crippen LogP contribution in [-0.4, -0.2) is 37.9 Å². The maximum Gasteiger partial charge on any atom is 0.332 e. The first-order chi connectivity index (χ1) is 16.9. The van der Waals surface area contributed by atoms with Gasteiger partial charge in [0.05, 0.1) is 19.7 Å². The summed E-state index contributed by atoms with van der Waals surface area (Å²) in [5.74, 6) is 0.647. The number of nitrogens with zero attached hydrogens (tertiary/aromatic N) is 5. The van der Waals surface area contributed by atoms with E-state index in [1.807, 2.05) is 30.3 Å². The third kappa shape index (κ3) is 4.98. The average Bonchev–Trinajstić information content (AvgIpc) is 3.29. The van der Waals surface area contributed by atoms with Crippen molar-refractivity contribution in [3.63, 3.8) is 0 Å². The predicted molar refractivity (Wildman–Crippen MR) is 130 cm³/mol. The number of carbonyl (C=O) groups excluding carboxylic acids is 1. The second-order valence-electron chi connectivity index (χ2n) is 7.73. The fourth-order valence-electron chi connectivity index (χ4n) is 3.50. The summed E-state index contributed by atoms with van der Waals surface area (Å²) in [5, 5.41) is 3.98. The molecule has 180 valence electrons. The summed E-state index contributed by atoms with van der Waals surface area (Å²) in [5.41, 5.74) is 3.49. The Balaban J connectivity index is 1.41. The number of aromatic nitrogens is 4. The van der Waals surface area contributed by atoms with Crippen molar-refractivity contribution >= 4 is 23.3 Å². The molecule has 4 aromatic rings. The fraction of sp³-hybridized carbons (Fsp3) is 0.208. The lowest BCUT2D eigenvalue weighted by molar-refractivity contribution is -0.121. The van der Waals surface area contributed by atoms with E-state index in [-0.39, 0.29) is 17.7 Å². The Labute approximate surface area is 199 Å². The Morgan fingerprint density at radius 2 is 1.86 bits per heavy atom. The fourth-order valence-corrected chi connectivity index (χ4v) is 3.50. The van der Waals surface area contributed by atoms with E-state index >= 15 is 0 Å². The summed E-state index contributed by atoms with van der Waals surface area (Å²) in [6, 6.07) is 15.1. The quantitative estimate of drug-likeness (QED) is 0.301. The molecule has 11 nitrogen and oxygen atoms in total. The van der Waals surface area contributed by atoms with E-state index in [4.69, 9.17) is 9.47 Å². The van der Waals surface area contributed by atoms with Gasteiger partial charge in [0.1, 0.15) is 13.2 Å². The SMILES string of the molecule is COc1cc(/C=N/NC(=O)Cn2cnc3c2c(=O)n(C)c(=O)n3C)ccc1OCc1ccccc1.